The van der Waals surface area contributed by atoms with Crippen molar-refractivity contribution < 1.29 is 89.2 Å². The van der Waals surface area contributed by atoms with Crippen LogP contribution in [-0.4, -0.2) is 115 Å². The van der Waals surface area contributed by atoms with Gasteiger partial charge in [-0.3, -0.25) is 0 Å². The first-order valence-corrected chi connectivity index (χ1v) is 7.05. The predicted molar refractivity (Wildman–Crippen MR) is 68.6 cm³/mol. The van der Waals surface area contributed by atoms with Crippen molar-refractivity contribution in [2.24, 2.45) is 0 Å². The number of hydrogen-bond acceptors (Lipinski definition) is 11. The molecule has 0 amide bonds. The molecule has 0 saturated carbocycles. The van der Waals surface area contributed by atoms with E-state index >= 15 is 0 Å². The van der Waals surface area contributed by atoms with Crippen LogP contribution >= 0.6 is 0 Å². The van der Waals surface area contributed by atoms with Gasteiger partial charge in [-0.05, 0) is 0 Å². The molecule has 2 saturated heterocycles. The van der Waals surface area contributed by atoms with Crippen molar-refractivity contribution >= 4 is 0 Å². The first-order valence-electron chi connectivity index (χ1n) is 7.05. The minimum Gasteiger partial charge on any atom is -0.394 e. The molecular formula is C12H22Fe2O11. The predicted octanol–water partition coefficient (Wildman–Crippen LogP) is -5.40. The summed E-state index contributed by atoms with van der Waals surface area (Å²) in [7, 11) is 0. The van der Waals surface area contributed by atoms with Crippen LogP contribution in [0.5, 0.6) is 0 Å². The minimum atomic E-state index is -2.22. The molecule has 9 atom stereocenters. The van der Waals surface area contributed by atoms with Crippen molar-refractivity contribution in [3.05, 3.63) is 0 Å². The van der Waals surface area contributed by atoms with Crippen molar-refractivity contribution in [1.29, 1.82) is 0 Å². The zero-order valence-electron chi connectivity index (χ0n) is 12.7. The molecule has 8 N–H and O–H groups in total. The second kappa shape index (κ2) is 10.2. The van der Waals surface area contributed by atoms with E-state index in [9.17, 15) is 30.6 Å². The van der Waals surface area contributed by atoms with E-state index in [1.54, 1.807) is 0 Å². The normalized spacial score (nSPS) is 47.0. The molecule has 0 aromatic carbocycles. The molecular weight excluding hydrogens is 432 g/mol. The van der Waals surface area contributed by atoms with Crippen molar-refractivity contribution in [1.82, 2.24) is 0 Å². The monoisotopic (exact) mass is 454 g/mol. The van der Waals surface area contributed by atoms with Gasteiger partial charge in [0.1, 0.15) is 49.3 Å². The fraction of sp³-hybridized carbons (Fsp3) is 1.00. The minimum absolute atomic E-state index is 0. The summed E-state index contributed by atoms with van der Waals surface area (Å²) in [5.74, 6) is -2.22. The topological polar surface area (TPSA) is 190 Å². The third kappa shape index (κ3) is 4.72. The summed E-state index contributed by atoms with van der Waals surface area (Å²) in [5.41, 5.74) is 0. The van der Waals surface area contributed by atoms with Crippen LogP contribution in [0, 0.1) is 0 Å². The number of rotatable bonds is 5. The average molecular weight is 454 g/mol. The summed E-state index contributed by atoms with van der Waals surface area (Å²) >= 11 is 0. The van der Waals surface area contributed by atoms with Crippen LogP contribution in [0.25, 0.3) is 0 Å². The Morgan fingerprint density at radius 1 is 0.760 bits per heavy atom. The van der Waals surface area contributed by atoms with Crippen LogP contribution in [0.1, 0.15) is 0 Å². The van der Waals surface area contributed by atoms with Gasteiger partial charge in [0.25, 0.3) is 0 Å². The first kappa shape index (κ1) is 25.6. The largest absolute Gasteiger partial charge is 0.394 e. The Morgan fingerprint density at radius 2 is 1.32 bits per heavy atom. The zero-order chi connectivity index (χ0) is 17.4. The molecule has 0 unspecified atom stereocenters. The fourth-order valence-corrected chi connectivity index (χ4v) is 2.63. The Morgan fingerprint density at radius 3 is 1.76 bits per heavy atom. The van der Waals surface area contributed by atoms with Gasteiger partial charge in [0.2, 0.25) is 5.79 Å². The number of ether oxygens (including phenoxy) is 3. The number of hydrogen-bond donors (Lipinski definition) is 8. The average Bonchev–Trinajstić information content (AvgIpc) is 2.80. The van der Waals surface area contributed by atoms with Crippen LogP contribution in [0.15, 0.2) is 0 Å². The quantitative estimate of drug-likeness (QED) is 0.185. The van der Waals surface area contributed by atoms with E-state index in [2.05, 4.69) is 0 Å². The Labute approximate surface area is 164 Å². The summed E-state index contributed by atoms with van der Waals surface area (Å²) in [5, 5.41) is 76.7. The maximum absolute atomic E-state index is 10.00. The van der Waals surface area contributed by atoms with E-state index in [1.165, 1.54) is 0 Å². The molecule has 2 fully saturated rings. The van der Waals surface area contributed by atoms with E-state index in [0.717, 1.165) is 0 Å². The molecule has 2 heterocycles. The zero-order valence-corrected chi connectivity index (χ0v) is 15.0. The molecule has 0 radical (unpaired) electrons. The third-order valence-electron chi connectivity index (χ3n) is 4.07. The van der Waals surface area contributed by atoms with E-state index in [4.69, 9.17) is 24.4 Å². The molecule has 2 aliphatic rings. The first-order chi connectivity index (χ1) is 10.8. The van der Waals surface area contributed by atoms with Gasteiger partial charge in [-0.15, -0.1) is 0 Å². The summed E-state index contributed by atoms with van der Waals surface area (Å²) in [6.45, 7) is -2.32. The standard InChI is InChI=1S/C12H22O11.2Fe/c13-1-4-6(16)8(18)9(19)11(21-4)23-12(3-15)10(20)7(17)5(2-14)22-12;;/h4-11,13-20H,1-3H2;;/t4-,5-,6-,7-,8+,9-,10+,11-,12+;;/m1../s1. The van der Waals surface area contributed by atoms with Gasteiger partial charge in [-0.2, -0.15) is 0 Å². The number of aliphatic hydroxyl groups excluding tert-OH is 8. The maximum atomic E-state index is 10.00. The van der Waals surface area contributed by atoms with Gasteiger partial charge >= 0.3 is 0 Å². The molecule has 11 nitrogen and oxygen atoms in total. The van der Waals surface area contributed by atoms with Gasteiger partial charge in [-0.25, -0.2) is 0 Å². The SMILES string of the molecule is OC[C@H]1O[C@@](CO)(O[C@H]2O[C@H](CO)[C@@H](O)[C@H](O)[C@H]2O)[C@@H](O)[C@@H]1O.[Fe].[Fe]. The van der Waals surface area contributed by atoms with Crippen LogP contribution in [-0.2, 0) is 48.3 Å². The Bertz CT molecular complexity index is 403. The van der Waals surface area contributed by atoms with Gasteiger partial charge < -0.3 is 55.1 Å². The smallest absolute Gasteiger partial charge is 0.224 e. The fourth-order valence-electron chi connectivity index (χ4n) is 2.63. The van der Waals surface area contributed by atoms with Crippen LogP contribution in [0.3, 0.4) is 0 Å². The van der Waals surface area contributed by atoms with Crippen LogP contribution < -0.4 is 0 Å². The van der Waals surface area contributed by atoms with E-state index in [0.29, 0.717) is 0 Å². The Kier molecular flexibility index (Phi) is 10.5. The molecule has 25 heavy (non-hydrogen) atoms. The second-order valence-electron chi connectivity index (χ2n) is 5.56. The van der Waals surface area contributed by atoms with Gasteiger partial charge in [0.15, 0.2) is 6.29 Å². The summed E-state index contributed by atoms with van der Waals surface area (Å²) < 4.78 is 15.4. The molecule has 2 aliphatic heterocycles. The van der Waals surface area contributed by atoms with E-state index in [-0.39, 0.29) is 34.1 Å². The van der Waals surface area contributed by atoms with Crippen LogP contribution in [0.2, 0.25) is 0 Å². The van der Waals surface area contributed by atoms with Crippen molar-refractivity contribution in [2.45, 2.75) is 54.8 Å². The van der Waals surface area contributed by atoms with Crippen molar-refractivity contribution in [3.63, 3.8) is 0 Å². The number of aliphatic hydroxyl groups is 8. The van der Waals surface area contributed by atoms with Crippen molar-refractivity contribution in [3.8, 4) is 0 Å². The van der Waals surface area contributed by atoms with E-state index < -0.39 is 74.6 Å². The summed E-state index contributed by atoms with van der Waals surface area (Å²) in [4.78, 5) is 0. The van der Waals surface area contributed by atoms with Crippen LogP contribution in [0.4, 0.5) is 0 Å². The molecule has 152 valence electrons. The molecule has 0 aromatic rings. The Balaban J connectivity index is 0.00000288. The van der Waals surface area contributed by atoms with Crippen molar-refractivity contribution in [2.75, 3.05) is 19.8 Å². The molecule has 2 rings (SSSR count). The second-order valence-corrected chi connectivity index (χ2v) is 5.56. The summed E-state index contributed by atoms with van der Waals surface area (Å²) in [6.07, 6.45) is -12.7. The van der Waals surface area contributed by atoms with Gasteiger partial charge in [0.05, 0.1) is 13.2 Å². The molecule has 0 aliphatic carbocycles. The van der Waals surface area contributed by atoms with E-state index in [1.807, 2.05) is 0 Å². The molecule has 0 bridgehead atoms. The third-order valence-corrected chi connectivity index (χ3v) is 4.07. The molecule has 0 spiro atoms. The Hall–Kier alpha value is 0.599. The summed E-state index contributed by atoms with van der Waals surface area (Å²) in [6, 6.07) is 0. The molecule has 13 heteroatoms. The molecule has 0 aromatic heterocycles. The van der Waals surface area contributed by atoms with Gasteiger partial charge in [-0.1, -0.05) is 0 Å². The maximum Gasteiger partial charge on any atom is 0.224 e. The van der Waals surface area contributed by atoms with Gasteiger partial charge in [0, 0.05) is 34.1 Å².